The molecule has 0 saturated heterocycles. The van der Waals surface area contributed by atoms with Gasteiger partial charge in [-0.25, -0.2) is 0 Å². The van der Waals surface area contributed by atoms with Crippen molar-refractivity contribution in [2.75, 3.05) is 0 Å². The van der Waals surface area contributed by atoms with Gasteiger partial charge in [-0.3, -0.25) is 0 Å². The van der Waals surface area contributed by atoms with E-state index in [9.17, 15) is 5.11 Å². The Kier molecular flexibility index (Phi) is 4.86. The number of hydrogen-bond donors (Lipinski definition) is 1. The Morgan fingerprint density at radius 1 is 0.818 bits per heavy atom. The van der Waals surface area contributed by atoms with Gasteiger partial charge < -0.3 is 9.53 Å². The number of benzene rings is 2. The van der Waals surface area contributed by atoms with Crippen LogP contribution in [0.3, 0.4) is 0 Å². The largest absolute Gasteiger partial charge is 0.540 e. The molecule has 0 aliphatic heterocycles. The molecule has 2 aromatic rings. The van der Waals surface area contributed by atoms with Crippen molar-refractivity contribution in [1.29, 1.82) is 0 Å². The fourth-order valence-corrected chi connectivity index (χ4v) is 9.11. The second-order valence-corrected chi connectivity index (χ2v) is 12.4. The molecule has 3 heteroatoms. The summed E-state index contributed by atoms with van der Waals surface area (Å²) >= 11 is 0. The summed E-state index contributed by atoms with van der Waals surface area (Å²) in [5, 5.41) is 12.6. The molecular formula is C19H28O2Si. The van der Waals surface area contributed by atoms with Crippen molar-refractivity contribution in [1.82, 2.24) is 0 Å². The van der Waals surface area contributed by atoms with Crippen LogP contribution in [-0.2, 0) is 0 Å². The molecule has 22 heavy (non-hydrogen) atoms. The van der Waals surface area contributed by atoms with Crippen LogP contribution in [0, 0.1) is 0 Å². The molecule has 0 aliphatic rings. The summed E-state index contributed by atoms with van der Waals surface area (Å²) in [6, 6.07) is 11.8. The van der Waals surface area contributed by atoms with Gasteiger partial charge in [0.05, 0.1) is 0 Å². The molecule has 0 unspecified atom stereocenters. The molecule has 0 amide bonds. The van der Waals surface area contributed by atoms with Gasteiger partial charge >= 0.3 is 0 Å². The minimum absolute atomic E-state index is 0.275. The van der Waals surface area contributed by atoms with Gasteiger partial charge in [-0.15, -0.1) is 0 Å². The number of rotatable bonds is 5. The molecule has 0 aliphatic carbocycles. The van der Waals surface area contributed by atoms with Crippen molar-refractivity contribution in [2.24, 2.45) is 0 Å². The minimum Gasteiger partial charge on any atom is -0.540 e. The molecule has 2 rings (SSSR count). The standard InChI is InChI=1S/C19H28O2Si/c1-13(2)22(14(3)4,15(5)6)21-18-12-11-16-9-7-8-10-17(16)19(18)20/h7-15,20H,1-6H3. The average Bonchev–Trinajstić information content (AvgIpc) is 2.45. The zero-order valence-electron chi connectivity index (χ0n) is 14.6. The lowest BCUT2D eigenvalue weighted by Gasteiger charge is -2.42. The van der Waals surface area contributed by atoms with Crippen LogP contribution in [0.25, 0.3) is 10.8 Å². The van der Waals surface area contributed by atoms with Gasteiger partial charge in [-0.1, -0.05) is 71.9 Å². The maximum atomic E-state index is 10.7. The lowest BCUT2D eigenvalue weighted by Crippen LogP contribution is -2.50. The van der Waals surface area contributed by atoms with Crippen LogP contribution in [0.2, 0.25) is 16.6 Å². The fraction of sp³-hybridized carbons (Fsp3) is 0.474. The highest BCUT2D eigenvalue weighted by atomic mass is 28.4. The molecule has 2 aromatic carbocycles. The van der Waals surface area contributed by atoms with Crippen molar-refractivity contribution >= 4 is 19.1 Å². The summed E-state index contributed by atoms with van der Waals surface area (Å²) in [7, 11) is -2.05. The van der Waals surface area contributed by atoms with E-state index in [-0.39, 0.29) is 5.75 Å². The first-order valence-electron chi connectivity index (χ1n) is 8.20. The van der Waals surface area contributed by atoms with Crippen molar-refractivity contribution in [3.63, 3.8) is 0 Å². The number of hydrogen-bond acceptors (Lipinski definition) is 2. The smallest absolute Gasteiger partial charge is 0.258 e. The second-order valence-electron chi connectivity index (χ2n) is 7.05. The first-order chi connectivity index (χ1) is 10.3. The van der Waals surface area contributed by atoms with E-state index < -0.39 is 8.32 Å². The highest BCUT2D eigenvalue weighted by Crippen LogP contribution is 2.45. The molecule has 2 nitrogen and oxygen atoms in total. The molecule has 0 bridgehead atoms. The first kappa shape index (κ1) is 16.9. The van der Waals surface area contributed by atoms with Crippen LogP contribution in [0.15, 0.2) is 36.4 Å². The van der Waals surface area contributed by atoms with Crippen molar-refractivity contribution in [3.05, 3.63) is 36.4 Å². The van der Waals surface area contributed by atoms with E-state index in [2.05, 4.69) is 41.5 Å². The second kappa shape index (κ2) is 6.33. The molecule has 0 radical (unpaired) electrons. The summed E-state index contributed by atoms with van der Waals surface area (Å²) in [5.74, 6) is 0.915. The predicted molar refractivity (Wildman–Crippen MR) is 97.3 cm³/mol. The lowest BCUT2D eigenvalue weighted by atomic mass is 10.1. The Bertz CT molecular complexity index is 625. The van der Waals surface area contributed by atoms with Crippen molar-refractivity contribution < 1.29 is 9.53 Å². The van der Waals surface area contributed by atoms with E-state index in [1.165, 1.54) is 0 Å². The van der Waals surface area contributed by atoms with Crippen LogP contribution in [0.4, 0.5) is 0 Å². The van der Waals surface area contributed by atoms with Gasteiger partial charge in [0, 0.05) is 5.39 Å². The first-order valence-corrected chi connectivity index (χ1v) is 10.3. The molecule has 0 fully saturated rings. The molecule has 0 heterocycles. The summed E-state index contributed by atoms with van der Waals surface area (Å²) in [4.78, 5) is 0. The fourth-order valence-electron chi connectivity index (χ4n) is 3.86. The van der Waals surface area contributed by atoms with E-state index >= 15 is 0 Å². The highest BCUT2D eigenvalue weighted by Gasteiger charge is 2.47. The highest BCUT2D eigenvalue weighted by molar-refractivity contribution is 6.78. The monoisotopic (exact) mass is 316 g/mol. The third kappa shape index (κ3) is 2.74. The average molecular weight is 317 g/mol. The predicted octanol–water partition coefficient (Wildman–Crippen LogP) is 6.10. The normalized spacial score (nSPS) is 12.6. The number of fused-ring (bicyclic) bond motifs is 1. The zero-order chi connectivity index (χ0) is 16.5. The SMILES string of the molecule is CC(C)[Si](Oc1ccc2ccccc2c1O)(C(C)C)C(C)C. The van der Waals surface area contributed by atoms with E-state index in [1.807, 2.05) is 36.4 Å². The van der Waals surface area contributed by atoms with Crippen LogP contribution in [0.5, 0.6) is 11.5 Å². The topological polar surface area (TPSA) is 29.5 Å². The summed E-state index contributed by atoms with van der Waals surface area (Å²) in [6.07, 6.45) is 0. The lowest BCUT2D eigenvalue weighted by molar-refractivity contribution is 0.420. The van der Waals surface area contributed by atoms with E-state index in [0.29, 0.717) is 22.4 Å². The van der Waals surface area contributed by atoms with Gasteiger partial charge in [0.25, 0.3) is 8.32 Å². The van der Waals surface area contributed by atoms with Gasteiger partial charge in [-0.2, -0.15) is 0 Å². The molecule has 120 valence electrons. The van der Waals surface area contributed by atoms with Gasteiger partial charge in [-0.05, 0) is 28.1 Å². The molecule has 0 spiro atoms. The summed E-state index contributed by atoms with van der Waals surface area (Å²) in [5.41, 5.74) is 1.45. The van der Waals surface area contributed by atoms with Gasteiger partial charge in [0.15, 0.2) is 5.75 Å². The third-order valence-corrected chi connectivity index (χ3v) is 10.8. The van der Waals surface area contributed by atoms with E-state index in [4.69, 9.17) is 4.43 Å². The van der Waals surface area contributed by atoms with Crippen LogP contribution in [0.1, 0.15) is 41.5 Å². The Morgan fingerprint density at radius 2 is 1.36 bits per heavy atom. The van der Waals surface area contributed by atoms with Gasteiger partial charge in [0.2, 0.25) is 0 Å². The van der Waals surface area contributed by atoms with Crippen molar-refractivity contribution in [2.45, 2.75) is 58.2 Å². The number of phenols is 1. The van der Waals surface area contributed by atoms with E-state index in [1.54, 1.807) is 0 Å². The Morgan fingerprint density at radius 3 is 1.91 bits per heavy atom. The maximum absolute atomic E-state index is 10.7. The Labute approximate surface area is 135 Å². The Balaban J connectivity index is 2.53. The molecule has 1 N–H and O–H groups in total. The number of aromatic hydroxyl groups is 1. The third-order valence-electron chi connectivity index (χ3n) is 4.86. The Hall–Kier alpha value is -1.48. The number of phenolic OH excluding ortho intramolecular Hbond substituents is 1. The maximum Gasteiger partial charge on any atom is 0.258 e. The summed E-state index contributed by atoms with van der Waals surface area (Å²) in [6.45, 7) is 13.5. The molecule has 0 aromatic heterocycles. The van der Waals surface area contributed by atoms with E-state index in [0.717, 1.165) is 10.8 Å². The van der Waals surface area contributed by atoms with Gasteiger partial charge in [0.1, 0.15) is 5.75 Å². The molecule has 0 atom stereocenters. The molecule has 0 saturated carbocycles. The van der Waals surface area contributed by atoms with Crippen LogP contribution >= 0.6 is 0 Å². The quantitative estimate of drug-likeness (QED) is 0.675. The molecular weight excluding hydrogens is 288 g/mol. The van der Waals surface area contributed by atoms with Crippen LogP contribution in [-0.4, -0.2) is 13.4 Å². The van der Waals surface area contributed by atoms with Crippen LogP contribution < -0.4 is 4.43 Å². The summed E-state index contributed by atoms with van der Waals surface area (Å²) < 4.78 is 6.61. The zero-order valence-corrected chi connectivity index (χ0v) is 15.6. The minimum atomic E-state index is -2.05. The van der Waals surface area contributed by atoms with Crippen molar-refractivity contribution in [3.8, 4) is 11.5 Å².